The lowest BCUT2D eigenvalue weighted by Crippen LogP contribution is -2.41. The first-order valence-corrected chi connectivity index (χ1v) is 25.0. The van der Waals surface area contributed by atoms with E-state index in [9.17, 15) is 29.5 Å². The van der Waals surface area contributed by atoms with Gasteiger partial charge in [0.15, 0.2) is 0 Å². The van der Waals surface area contributed by atoms with Crippen molar-refractivity contribution in [1.29, 1.82) is 0 Å². The molecule has 0 aliphatic carbocycles. The number of nitrogens with zero attached hydrogens (tertiary/aromatic N) is 5. The van der Waals surface area contributed by atoms with Gasteiger partial charge in [0.25, 0.3) is 11.1 Å². The number of aromatic nitrogens is 4. The molecule has 2 fully saturated rings. The Labute approximate surface area is 423 Å². The van der Waals surface area contributed by atoms with Crippen molar-refractivity contribution in [2.45, 2.75) is 81.6 Å². The average Bonchev–Trinajstić information content (AvgIpc) is 4.01. The van der Waals surface area contributed by atoms with Crippen LogP contribution in [0.15, 0.2) is 146 Å². The molecule has 2 aliphatic rings. The lowest BCUT2D eigenvalue weighted by molar-refractivity contribution is -0.142. The van der Waals surface area contributed by atoms with Crippen molar-refractivity contribution in [1.82, 2.24) is 24.2 Å². The third-order valence-electron chi connectivity index (χ3n) is 12.9. The van der Waals surface area contributed by atoms with E-state index in [0.29, 0.717) is 33.8 Å². The first kappa shape index (κ1) is 52.9. The molecule has 0 amide bonds. The van der Waals surface area contributed by atoms with Crippen LogP contribution in [0.3, 0.4) is 0 Å². The second kappa shape index (κ2) is 23.2. The molecule has 0 saturated carbocycles. The largest absolute Gasteiger partial charge is 0.497 e. The molecule has 388 valence electrons. The summed E-state index contributed by atoms with van der Waals surface area (Å²) in [5, 5.41) is 6.70. The van der Waals surface area contributed by atoms with Gasteiger partial charge in [0, 0.05) is 41.3 Å². The number of ether oxygens (including phenoxy) is 6. The molecule has 4 heterocycles. The summed E-state index contributed by atoms with van der Waals surface area (Å²) < 4.78 is 67.3. The molecule has 23 heteroatoms. The summed E-state index contributed by atoms with van der Waals surface area (Å²) in [6.07, 6.45) is -3.44. The van der Waals surface area contributed by atoms with E-state index < -0.39 is 91.3 Å². The predicted molar refractivity (Wildman–Crippen MR) is 268 cm³/mol. The van der Waals surface area contributed by atoms with Gasteiger partial charge in [0.2, 0.25) is 0 Å². The predicted octanol–water partition coefficient (Wildman–Crippen LogP) is 5.87. The van der Waals surface area contributed by atoms with Crippen LogP contribution in [0.1, 0.15) is 58.7 Å². The summed E-state index contributed by atoms with van der Waals surface area (Å²) in [4.78, 5) is 72.4. The Hall–Kier alpha value is -7.39. The second-order valence-corrected chi connectivity index (χ2v) is 19.3. The molecule has 4 aromatic carbocycles. The first-order chi connectivity index (χ1) is 35.7. The van der Waals surface area contributed by atoms with Gasteiger partial charge in [-0.2, -0.15) is 0 Å². The molecule has 2 aromatic heterocycles. The molecule has 0 spiro atoms. The number of aryl methyl sites for hydroxylation is 2. The third kappa shape index (κ3) is 11.7. The van der Waals surface area contributed by atoms with Gasteiger partial charge < -0.3 is 28.4 Å². The van der Waals surface area contributed by atoms with Gasteiger partial charge in [-0.15, -0.1) is 0 Å². The number of nitrogens with one attached hydrogen (secondary N) is 3. The summed E-state index contributed by atoms with van der Waals surface area (Å²) in [7, 11) is -0.587. The van der Waals surface area contributed by atoms with Crippen molar-refractivity contribution in [3.63, 3.8) is 0 Å². The summed E-state index contributed by atoms with van der Waals surface area (Å²) in [5.74, 6) is 0.363. The van der Waals surface area contributed by atoms with Gasteiger partial charge in [0.05, 0.1) is 46.7 Å². The number of methoxy groups -OCH3 is 3. The van der Waals surface area contributed by atoms with Crippen molar-refractivity contribution in [3.8, 4) is 11.5 Å². The van der Waals surface area contributed by atoms with Crippen molar-refractivity contribution >= 4 is 13.7 Å². The second-order valence-electron chi connectivity index (χ2n) is 17.6. The summed E-state index contributed by atoms with van der Waals surface area (Å²) >= 11 is 0. The number of carbonyl (C=O) groups is 1. The van der Waals surface area contributed by atoms with E-state index in [1.54, 1.807) is 68.8 Å². The highest BCUT2D eigenvalue weighted by molar-refractivity contribution is 7.51. The molecule has 2 saturated heterocycles. The maximum atomic E-state index is 15.8. The fourth-order valence-corrected chi connectivity index (χ4v) is 10.7. The molecule has 0 radical (unpaired) electrons. The first-order valence-electron chi connectivity index (χ1n) is 23.5. The Morgan fingerprint density at radius 3 is 1.80 bits per heavy atom. The zero-order chi connectivity index (χ0) is 52.6. The standard InChI is InChI=1S/C51H55N8O14P/c1-31-27-58(49(63)53-46(31)60)44-25-39(55-57-52)42(71-44)30-70-74(65,56-40(48(62)68-5)24-33-12-8-6-9-13-33)73-41-26-45(59-28-32(2)47(61)54-50(59)64)72-43(41)29-69-51(34-14-10-7-11-15-34,35-16-20-37(66-3)21-17-35)36-18-22-38(67-4)23-19-36/h6-23,27-28,39-45H,24-26,29-30H2,1-5H3,(H,56,65)(H,53,60,63)(H,54,61,64)/t39-,40-,41-,42+,43+,44+,45+,74?/m0/s1. The molecule has 8 atom stereocenters. The van der Waals surface area contributed by atoms with E-state index in [2.05, 4.69) is 25.1 Å². The Kier molecular flexibility index (Phi) is 16.6. The number of H-pyrrole nitrogens is 2. The maximum absolute atomic E-state index is 15.8. The van der Waals surface area contributed by atoms with E-state index in [4.69, 9.17) is 37.5 Å². The number of hydrogen-bond donors (Lipinski definition) is 3. The van der Waals surface area contributed by atoms with E-state index in [-0.39, 0.29) is 37.0 Å². The topological polar surface area (TPSA) is 278 Å². The smallest absolute Gasteiger partial charge is 0.406 e. The van der Waals surface area contributed by atoms with E-state index in [1.165, 1.54) is 37.9 Å². The highest BCUT2D eigenvalue weighted by Gasteiger charge is 2.48. The van der Waals surface area contributed by atoms with Crippen LogP contribution in [-0.2, 0) is 49.4 Å². The van der Waals surface area contributed by atoms with Crippen LogP contribution < -0.4 is 37.1 Å². The minimum Gasteiger partial charge on any atom is -0.497 e. The third-order valence-corrected chi connectivity index (χ3v) is 14.6. The van der Waals surface area contributed by atoms with Gasteiger partial charge in [-0.25, -0.2) is 19.2 Å². The van der Waals surface area contributed by atoms with Gasteiger partial charge in [0.1, 0.15) is 47.8 Å². The number of rotatable bonds is 21. The zero-order valence-corrected chi connectivity index (χ0v) is 41.9. The Morgan fingerprint density at radius 2 is 1.27 bits per heavy atom. The average molecular weight is 1040 g/mol. The normalized spacial score (nSPS) is 20.8. The summed E-state index contributed by atoms with van der Waals surface area (Å²) in [6.45, 7) is 2.13. The van der Waals surface area contributed by atoms with E-state index in [0.717, 1.165) is 4.57 Å². The number of azide groups is 1. The monoisotopic (exact) mass is 1030 g/mol. The van der Waals surface area contributed by atoms with Gasteiger partial charge in [-0.05, 0) is 72.3 Å². The maximum Gasteiger partial charge on any atom is 0.406 e. The van der Waals surface area contributed by atoms with Crippen LogP contribution in [0.5, 0.6) is 11.5 Å². The summed E-state index contributed by atoms with van der Waals surface area (Å²) in [6, 6.07) is 30.6. The number of hydrogen-bond acceptors (Lipinski definition) is 15. The number of benzene rings is 4. The molecule has 2 aliphatic heterocycles. The zero-order valence-electron chi connectivity index (χ0n) is 41.0. The minimum absolute atomic E-state index is 0.0443. The van der Waals surface area contributed by atoms with Crippen LogP contribution in [0.25, 0.3) is 10.4 Å². The summed E-state index contributed by atoms with van der Waals surface area (Å²) in [5.41, 5.74) is 8.58. The van der Waals surface area contributed by atoms with Crippen LogP contribution in [0, 0.1) is 13.8 Å². The lowest BCUT2D eigenvalue weighted by atomic mass is 9.80. The van der Waals surface area contributed by atoms with Gasteiger partial charge in [-0.1, -0.05) is 90.0 Å². The SMILES string of the molecule is COC(=O)[C@H](Cc1ccccc1)NP(=O)(OC[C@H]1O[C@@H](n2cc(C)c(=O)[nH]c2=O)C[C@@H]1N=[N+]=[N-])O[C@H]1C[C@H](n2cc(C)c(=O)[nH]c2=O)O[C@@H]1COC(c1ccccc1)(c1ccc(OC)cc1)c1ccc(OC)cc1. The van der Waals surface area contributed by atoms with Crippen molar-refractivity contribution in [2.24, 2.45) is 5.11 Å². The fourth-order valence-electron chi connectivity index (χ4n) is 9.05. The highest BCUT2D eigenvalue weighted by atomic mass is 31.2. The van der Waals surface area contributed by atoms with E-state index in [1.807, 2.05) is 54.6 Å². The number of aromatic amines is 2. The van der Waals surface area contributed by atoms with Gasteiger partial charge >= 0.3 is 25.1 Å². The van der Waals surface area contributed by atoms with Crippen LogP contribution in [0.4, 0.5) is 0 Å². The molecule has 22 nitrogen and oxygen atoms in total. The van der Waals surface area contributed by atoms with Crippen LogP contribution in [0.2, 0.25) is 0 Å². The lowest BCUT2D eigenvalue weighted by Gasteiger charge is -2.37. The molecular formula is C51H55N8O14P. The highest BCUT2D eigenvalue weighted by Crippen LogP contribution is 2.51. The molecular weight excluding hydrogens is 980 g/mol. The Morgan fingerprint density at radius 1 is 0.757 bits per heavy atom. The molecule has 74 heavy (non-hydrogen) atoms. The Bertz CT molecular complexity index is 3210. The van der Waals surface area contributed by atoms with Gasteiger partial charge in [-0.3, -0.25) is 42.5 Å². The molecule has 6 aromatic rings. The van der Waals surface area contributed by atoms with E-state index >= 15 is 4.57 Å². The molecule has 1 unspecified atom stereocenters. The molecule has 0 bridgehead atoms. The van der Waals surface area contributed by atoms with Crippen LogP contribution >= 0.6 is 7.75 Å². The number of carbonyl (C=O) groups excluding carboxylic acids is 1. The molecule has 8 rings (SSSR count). The molecule has 3 N–H and O–H groups in total. The Balaban J connectivity index is 1.20. The van der Waals surface area contributed by atoms with Crippen molar-refractivity contribution in [3.05, 3.63) is 207 Å². The van der Waals surface area contributed by atoms with Crippen LogP contribution in [-0.4, -0.2) is 90.0 Å². The number of esters is 1. The minimum atomic E-state index is -4.87. The fraction of sp³-hybridized carbons (Fsp3) is 0.353. The van der Waals surface area contributed by atoms with Crippen molar-refractivity contribution in [2.75, 3.05) is 34.5 Å². The quantitative estimate of drug-likeness (QED) is 0.0190. The van der Waals surface area contributed by atoms with Crippen molar-refractivity contribution < 1.29 is 46.8 Å².